The maximum absolute atomic E-state index is 6.43. The van der Waals surface area contributed by atoms with E-state index >= 15 is 0 Å². The number of para-hydroxylation sites is 1. The van der Waals surface area contributed by atoms with Crippen molar-refractivity contribution in [2.45, 2.75) is 0 Å². The third kappa shape index (κ3) is 5.19. The molecule has 0 unspecified atom stereocenters. The molecule has 0 saturated carbocycles. The summed E-state index contributed by atoms with van der Waals surface area (Å²) in [5, 5.41) is 6.81. The molecule has 258 valence electrons. The first-order valence-electron chi connectivity index (χ1n) is 18.5. The summed E-state index contributed by atoms with van der Waals surface area (Å²) in [5.74, 6) is 0.599. The number of aromatic nitrogens is 1. The summed E-state index contributed by atoms with van der Waals surface area (Å²) in [6.07, 6.45) is 0. The lowest BCUT2D eigenvalue weighted by Gasteiger charge is -2.29. The van der Waals surface area contributed by atoms with Crippen LogP contribution in [0.3, 0.4) is 0 Å². The number of hydrogen-bond acceptors (Lipinski definition) is 4. The van der Waals surface area contributed by atoms with Gasteiger partial charge in [0.1, 0.15) is 16.7 Å². The van der Waals surface area contributed by atoms with Crippen LogP contribution < -0.4 is 4.90 Å². The molecule has 0 N–H and O–H groups in total. The minimum Gasteiger partial charge on any atom is -0.456 e. The molecule has 4 heteroatoms. The molecule has 11 aromatic rings. The summed E-state index contributed by atoms with van der Waals surface area (Å²) in [5.41, 5.74) is 11.9. The number of oxazole rings is 1. The van der Waals surface area contributed by atoms with Crippen LogP contribution in [0.4, 0.5) is 17.1 Å². The van der Waals surface area contributed by atoms with Crippen molar-refractivity contribution in [1.82, 2.24) is 4.98 Å². The quantitative estimate of drug-likeness (QED) is 0.162. The number of hydrogen-bond donors (Lipinski definition) is 0. The van der Waals surface area contributed by atoms with E-state index in [9.17, 15) is 0 Å². The van der Waals surface area contributed by atoms with Gasteiger partial charge in [-0.1, -0.05) is 133 Å². The van der Waals surface area contributed by atoms with Gasteiger partial charge in [0.15, 0.2) is 5.58 Å². The monoisotopic (exact) mass is 704 g/mol. The number of rotatable bonds is 6. The van der Waals surface area contributed by atoms with E-state index in [4.69, 9.17) is 13.8 Å². The highest BCUT2D eigenvalue weighted by Crippen LogP contribution is 2.46. The Bertz CT molecular complexity index is 3200. The van der Waals surface area contributed by atoms with Gasteiger partial charge in [0.05, 0.1) is 16.8 Å². The number of anilines is 3. The van der Waals surface area contributed by atoms with E-state index in [2.05, 4.69) is 157 Å². The molecular weight excluding hydrogens is 673 g/mol. The highest BCUT2D eigenvalue weighted by Gasteiger charge is 2.21. The van der Waals surface area contributed by atoms with Crippen molar-refractivity contribution in [2.24, 2.45) is 0 Å². The summed E-state index contributed by atoms with van der Waals surface area (Å²) in [7, 11) is 0. The van der Waals surface area contributed by atoms with E-state index in [1.807, 2.05) is 42.5 Å². The molecular formula is C51H32N2O2. The molecule has 0 spiro atoms. The van der Waals surface area contributed by atoms with Crippen LogP contribution in [0.25, 0.3) is 88.3 Å². The zero-order valence-electron chi connectivity index (χ0n) is 29.7. The molecule has 0 fully saturated rings. The summed E-state index contributed by atoms with van der Waals surface area (Å²) in [6.45, 7) is 0. The Morgan fingerprint density at radius 1 is 0.400 bits per heavy atom. The zero-order chi connectivity index (χ0) is 36.3. The number of nitrogens with zero attached hydrogens (tertiary/aromatic N) is 2. The molecule has 2 aromatic heterocycles. The van der Waals surface area contributed by atoms with E-state index in [0.29, 0.717) is 5.89 Å². The fraction of sp³-hybridized carbons (Fsp3) is 0. The van der Waals surface area contributed by atoms with Crippen molar-refractivity contribution < 1.29 is 8.83 Å². The van der Waals surface area contributed by atoms with Gasteiger partial charge in [-0.15, -0.1) is 0 Å². The molecule has 0 radical (unpaired) electrons. The van der Waals surface area contributed by atoms with Crippen LogP contribution in [0.5, 0.6) is 0 Å². The third-order valence-corrected chi connectivity index (χ3v) is 10.7. The summed E-state index contributed by atoms with van der Waals surface area (Å²) in [4.78, 5) is 7.24. The van der Waals surface area contributed by atoms with Crippen molar-refractivity contribution in [3.63, 3.8) is 0 Å². The Morgan fingerprint density at radius 2 is 1.05 bits per heavy atom. The SMILES string of the molecule is c1ccc(-c2nc3ccc4oc5ccc(-c6ccc(N(c7ccccc7-c7ccccc7)c7cc8ccccc8c8ccccc78)cc6)cc5c4c3o2)cc1. The van der Waals surface area contributed by atoms with Crippen LogP contribution in [-0.4, -0.2) is 4.98 Å². The average Bonchev–Trinajstić information content (AvgIpc) is 3.86. The molecule has 11 rings (SSSR count). The first-order valence-corrected chi connectivity index (χ1v) is 18.5. The Hall–Kier alpha value is -7.43. The van der Waals surface area contributed by atoms with Gasteiger partial charge in [0.2, 0.25) is 5.89 Å². The molecule has 0 saturated heterocycles. The van der Waals surface area contributed by atoms with Gasteiger partial charge in [-0.3, -0.25) is 0 Å². The highest BCUT2D eigenvalue weighted by atomic mass is 16.4. The molecule has 55 heavy (non-hydrogen) atoms. The Kier molecular flexibility index (Phi) is 7.14. The fourth-order valence-corrected chi connectivity index (χ4v) is 8.09. The van der Waals surface area contributed by atoms with Gasteiger partial charge in [0, 0.05) is 27.6 Å². The van der Waals surface area contributed by atoms with Gasteiger partial charge in [-0.2, -0.15) is 0 Å². The van der Waals surface area contributed by atoms with Crippen LogP contribution in [0.15, 0.2) is 203 Å². The number of benzene rings is 9. The molecule has 0 bridgehead atoms. The molecule has 0 amide bonds. The van der Waals surface area contributed by atoms with Crippen molar-refractivity contribution in [2.75, 3.05) is 4.90 Å². The molecule has 0 aliphatic carbocycles. The zero-order valence-corrected chi connectivity index (χ0v) is 29.7. The second kappa shape index (κ2) is 12.6. The van der Waals surface area contributed by atoms with Crippen LogP contribution >= 0.6 is 0 Å². The molecule has 0 atom stereocenters. The van der Waals surface area contributed by atoms with Crippen molar-refractivity contribution in [3.8, 4) is 33.7 Å². The van der Waals surface area contributed by atoms with E-state index in [1.54, 1.807) is 0 Å². The van der Waals surface area contributed by atoms with Crippen molar-refractivity contribution >= 4 is 71.6 Å². The van der Waals surface area contributed by atoms with Crippen molar-refractivity contribution in [3.05, 3.63) is 194 Å². The topological polar surface area (TPSA) is 42.4 Å². The van der Waals surface area contributed by atoms with Gasteiger partial charge in [-0.25, -0.2) is 4.98 Å². The number of fused-ring (bicyclic) bond motifs is 8. The Labute approximate surface area is 317 Å². The van der Waals surface area contributed by atoms with Crippen LogP contribution in [0.2, 0.25) is 0 Å². The Balaban J connectivity index is 1.07. The summed E-state index contributed by atoms with van der Waals surface area (Å²) < 4.78 is 12.8. The molecule has 0 aliphatic heterocycles. The summed E-state index contributed by atoms with van der Waals surface area (Å²) in [6, 6.07) is 68.4. The van der Waals surface area contributed by atoms with Gasteiger partial charge >= 0.3 is 0 Å². The van der Waals surface area contributed by atoms with Crippen LogP contribution in [0, 0.1) is 0 Å². The smallest absolute Gasteiger partial charge is 0.227 e. The van der Waals surface area contributed by atoms with E-state index in [0.717, 1.165) is 72.4 Å². The fourth-order valence-electron chi connectivity index (χ4n) is 8.09. The third-order valence-electron chi connectivity index (χ3n) is 10.7. The molecule has 4 nitrogen and oxygen atoms in total. The Morgan fingerprint density at radius 3 is 1.87 bits per heavy atom. The minimum atomic E-state index is 0.599. The van der Waals surface area contributed by atoms with E-state index in [-0.39, 0.29) is 0 Å². The molecule has 0 aliphatic rings. The average molecular weight is 705 g/mol. The van der Waals surface area contributed by atoms with Gasteiger partial charge in [0.25, 0.3) is 0 Å². The van der Waals surface area contributed by atoms with Crippen LogP contribution in [-0.2, 0) is 0 Å². The van der Waals surface area contributed by atoms with Gasteiger partial charge < -0.3 is 13.7 Å². The number of furan rings is 1. The lowest BCUT2D eigenvalue weighted by Crippen LogP contribution is -2.12. The minimum absolute atomic E-state index is 0.599. The maximum atomic E-state index is 6.43. The lowest BCUT2D eigenvalue weighted by molar-refractivity contribution is 0.622. The molecule has 2 heterocycles. The second-order valence-electron chi connectivity index (χ2n) is 13.9. The van der Waals surface area contributed by atoms with E-state index < -0.39 is 0 Å². The first kappa shape index (κ1) is 31.1. The normalized spacial score (nSPS) is 11.6. The van der Waals surface area contributed by atoms with E-state index in [1.165, 1.54) is 27.1 Å². The largest absolute Gasteiger partial charge is 0.456 e. The van der Waals surface area contributed by atoms with Crippen LogP contribution in [0.1, 0.15) is 0 Å². The molecule has 9 aromatic carbocycles. The predicted molar refractivity (Wildman–Crippen MR) is 227 cm³/mol. The van der Waals surface area contributed by atoms with Crippen molar-refractivity contribution in [1.29, 1.82) is 0 Å². The first-order chi connectivity index (χ1) is 27.3. The second-order valence-corrected chi connectivity index (χ2v) is 13.9. The summed E-state index contributed by atoms with van der Waals surface area (Å²) >= 11 is 0. The lowest BCUT2D eigenvalue weighted by atomic mass is 9.97. The standard InChI is InChI=1S/C51H32N2O2/c1-3-13-34(14-4-1)40-19-11-12-22-45(40)53(46-32-37-17-7-8-18-39(37)41-20-9-10-21-42(41)46)38-26-23-33(24-27-38)36-25-29-47-43(31-36)49-48(54-47)30-28-44-50(49)55-51(52-44)35-15-5-2-6-16-35/h1-32H. The maximum Gasteiger partial charge on any atom is 0.227 e. The predicted octanol–water partition coefficient (Wildman–Crippen LogP) is 14.5. The highest BCUT2D eigenvalue weighted by molar-refractivity contribution is 6.17. The van der Waals surface area contributed by atoms with Gasteiger partial charge in [-0.05, 0) is 93.5 Å².